The van der Waals surface area contributed by atoms with Crippen LogP contribution in [0.5, 0.6) is 0 Å². The summed E-state index contributed by atoms with van der Waals surface area (Å²) < 4.78 is 4.96. The lowest BCUT2D eigenvalue weighted by molar-refractivity contribution is 0.0521. The van der Waals surface area contributed by atoms with Gasteiger partial charge in [-0.15, -0.1) is 0 Å². The molecule has 120 valence electrons. The molecule has 2 aromatic heterocycles. The molecule has 0 aliphatic heterocycles. The summed E-state index contributed by atoms with van der Waals surface area (Å²) in [5, 5.41) is 9.44. The Labute approximate surface area is 138 Å². The Morgan fingerprint density at radius 1 is 1.33 bits per heavy atom. The number of carbonyl (C=O) groups excluding carboxylic acids is 1. The van der Waals surface area contributed by atoms with E-state index >= 15 is 0 Å². The van der Waals surface area contributed by atoms with Gasteiger partial charge in [-0.1, -0.05) is 12.1 Å². The third-order valence-electron chi connectivity index (χ3n) is 3.61. The van der Waals surface area contributed by atoms with Crippen LogP contribution in [0.15, 0.2) is 24.3 Å². The second kappa shape index (κ2) is 6.01. The number of fused-ring (bicyclic) bond motifs is 1. The number of H-pyrrole nitrogens is 1. The highest BCUT2D eigenvalue weighted by Crippen LogP contribution is 2.31. The number of nitriles is 1. The predicted molar refractivity (Wildman–Crippen MR) is 89.1 cm³/mol. The quantitative estimate of drug-likeness (QED) is 0.716. The third kappa shape index (κ3) is 2.44. The monoisotopic (exact) mass is 321 g/mol. The van der Waals surface area contributed by atoms with E-state index in [1.807, 2.05) is 30.3 Å². The molecule has 2 heterocycles. The van der Waals surface area contributed by atoms with Crippen molar-refractivity contribution in [2.45, 2.75) is 13.8 Å². The summed E-state index contributed by atoms with van der Waals surface area (Å²) in [5.41, 5.74) is 9.13. The average molecular weight is 321 g/mol. The Morgan fingerprint density at radius 3 is 2.62 bits per heavy atom. The number of nitrogen functional groups attached to an aromatic ring is 1. The Balaban J connectivity index is 2.23. The molecule has 7 heteroatoms. The number of benzene rings is 1. The van der Waals surface area contributed by atoms with Gasteiger partial charge in [-0.05, 0) is 26.0 Å². The first kappa shape index (κ1) is 15.5. The fourth-order valence-corrected chi connectivity index (χ4v) is 2.50. The molecule has 0 unspecified atom stereocenters. The minimum absolute atomic E-state index is 0.0535. The number of ether oxygens (including phenoxy) is 1. The van der Waals surface area contributed by atoms with Gasteiger partial charge in [0.05, 0.1) is 34.7 Å². The molecule has 0 bridgehead atoms. The molecule has 3 aromatic rings. The van der Waals surface area contributed by atoms with Crippen LogP contribution in [-0.4, -0.2) is 27.5 Å². The lowest BCUT2D eigenvalue weighted by Crippen LogP contribution is -2.07. The largest absolute Gasteiger partial charge is 0.461 e. The molecule has 3 N–H and O–H groups in total. The number of aromatic amines is 1. The summed E-state index contributed by atoms with van der Waals surface area (Å²) in [7, 11) is 0. The molecule has 0 radical (unpaired) electrons. The van der Waals surface area contributed by atoms with E-state index in [1.165, 1.54) is 0 Å². The number of hydrogen-bond donors (Lipinski definition) is 2. The standard InChI is InChI=1S/C17H15N5O2/c1-3-24-17(23)16-13(19)10(8-18)15(22-16)14-9(2)20-11-6-4-5-7-12(11)21-14/h4-7,22H,3,19H2,1-2H3. The lowest BCUT2D eigenvalue weighted by Gasteiger charge is -2.05. The molecule has 0 fully saturated rings. The van der Waals surface area contributed by atoms with E-state index in [-0.39, 0.29) is 23.6 Å². The maximum atomic E-state index is 12.0. The molecular formula is C17H15N5O2. The number of rotatable bonds is 3. The zero-order valence-corrected chi connectivity index (χ0v) is 13.3. The molecule has 0 saturated carbocycles. The van der Waals surface area contributed by atoms with Crippen LogP contribution in [0.25, 0.3) is 22.4 Å². The molecular weight excluding hydrogens is 306 g/mol. The summed E-state index contributed by atoms with van der Waals surface area (Å²) in [6.07, 6.45) is 0. The van der Waals surface area contributed by atoms with Gasteiger partial charge in [0.25, 0.3) is 0 Å². The predicted octanol–water partition coefficient (Wildman–Crippen LogP) is 2.56. The molecule has 0 amide bonds. The molecule has 0 aliphatic carbocycles. The highest BCUT2D eigenvalue weighted by molar-refractivity contribution is 5.97. The molecule has 0 saturated heterocycles. The summed E-state index contributed by atoms with van der Waals surface area (Å²) in [6.45, 7) is 3.70. The van der Waals surface area contributed by atoms with Crippen molar-refractivity contribution in [2.24, 2.45) is 0 Å². The molecule has 0 spiro atoms. The lowest BCUT2D eigenvalue weighted by atomic mass is 10.1. The zero-order chi connectivity index (χ0) is 17.3. The first-order valence-corrected chi connectivity index (χ1v) is 7.39. The topological polar surface area (TPSA) is 118 Å². The van der Waals surface area contributed by atoms with Crippen molar-refractivity contribution in [3.8, 4) is 17.5 Å². The van der Waals surface area contributed by atoms with Crippen LogP contribution in [-0.2, 0) is 4.74 Å². The summed E-state index contributed by atoms with van der Waals surface area (Å²) in [5.74, 6) is -0.607. The second-order valence-corrected chi connectivity index (χ2v) is 5.14. The van der Waals surface area contributed by atoms with Crippen LogP contribution in [0, 0.1) is 18.3 Å². The number of aryl methyl sites for hydroxylation is 1. The maximum Gasteiger partial charge on any atom is 0.356 e. The van der Waals surface area contributed by atoms with Crippen LogP contribution >= 0.6 is 0 Å². The Bertz CT molecular complexity index is 985. The van der Waals surface area contributed by atoms with Crippen LogP contribution in [0.2, 0.25) is 0 Å². The number of esters is 1. The fraction of sp³-hybridized carbons (Fsp3) is 0.176. The minimum Gasteiger partial charge on any atom is -0.461 e. The smallest absolute Gasteiger partial charge is 0.356 e. The van der Waals surface area contributed by atoms with Crippen molar-refractivity contribution < 1.29 is 9.53 Å². The van der Waals surface area contributed by atoms with Crippen LogP contribution < -0.4 is 5.73 Å². The molecule has 24 heavy (non-hydrogen) atoms. The molecule has 7 nitrogen and oxygen atoms in total. The van der Waals surface area contributed by atoms with Gasteiger partial charge in [0.15, 0.2) is 0 Å². The van der Waals surface area contributed by atoms with E-state index in [9.17, 15) is 10.1 Å². The maximum absolute atomic E-state index is 12.0. The normalized spacial score (nSPS) is 10.5. The van der Waals surface area contributed by atoms with Gasteiger partial charge in [0.2, 0.25) is 0 Å². The second-order valence-electron chi connectivity index (χ2n) is 5.14. The van der Waals surface area contributed by atoms with E-state index < -0.39 is 5.97 Å². The Kier molecular flexibility index (Phi) is 3.88. The first-order valence-electron chi connectivity index (χ1n) is 7.39. The van der Waals surface area contributed by atoms with Crippen LogP contribution in [0.3, 0.4) is 0 Å². The number of hydrogen-bond acceptors (Lipinski definition) is 6. The van der Waals surface area contributed by atoms with Gasteiger partial charge >= 0.3 is 5.97 Å². The number of para-hydroxylation sites is 2. The Morgan fingerprint density at radius 2 is 2.00 bits per heavy atom. The molecule has 1 aromatic carbocycles. The van der Waals surface area contributed by atoms with E-state index in [4.69, 9.17) is 10.5 Å². The van der Waals surface area contributed by atoms with Crippen molar-refractivity contribution in [1.29, 1.82) is 5.26 Å². The molecule has 0 aliphatic rings. The van der Waals surface area contributed by atoms with Gasteiger partial charge in [0, 0.05) is 0 Å². The fourth-order valence-electron chi connectivity index (χ4n) is 2.50. The minimum atomic E-state index is -0.607. The van der Waals surface area contributed by atoms with Crippen molar-refractivity contribution in [3.05, 3.63) is 41.2 Å². The number of aromatic nitrogens is 3. The highest BCUT2D eigenvalue weighted by atomic mass is 16.5. The van der Waals surface area contributed by atoms with E-state index in [0.29, 0.717) is 22.6 Å². The molecule has 0 atom stereocenters. The average Bonchev–Trinajstić information content (AvgIpc) is 2.90. The number of nitrogens with one attached hydrogen (secondary N) is 1. The van der Waals surface area contributed by atoms with Gasteiger partial charge in [0.1, 0.15) is 23.0 Å². The number of anilines is 1. The van der Waals surface area contributed by atoms with E-state index in [0.717, 1.165) is 5.52 Å². The van der Waals surface area contributed by atoms with Gasteiger partial charge in [-0.3, -0.25) is 0 Å². The van der Waals surface area contributed by atoms with Crippen molar-refractivity contribution in [1.82, 2.24) is 15.0 Å². The van der Waals surface area contributed by atoms with Crippen molar-refractivity contribution >= 4 is 22.7 Å². The third-order valence-corrected chi connectivity index (χ3v) is 3.61. The Hall–Kier alpha value is -3.40. The van der Waals surface area contributed by atoms with Crippen molar-refractivity contribution in [3.63, 3.8) is 0 Å². The van der Waals surface area contributed by atoms with Gasteiger partial charge in [-0.2, -0.15) is 5.26 Å². The number of nitrogens with two attached hydrogens (primary N) is 1. The van der Waals surface area contributed by atoms with Gasteiger partial charge in [-0.25, -0.2) is 14.8 Å². The highest BCUT2D eigenvalue weighted by Gasteiger charge is 2.24. The summed E-state index contributed by atoms with van der Waals surface area (Å²) in [4.78, 5) is 23.9. The zero-order valence-electron chi connectivity index (χ0n) is 13.3. The van der Waals surface area contributed by atoms with Crippen LogP contribution in [0.1, 0.15) is 28.7 Å². The number of nitrogens with zero attached hydrogens (tertiary/aromatic N) is 3. The first-order chi connectivity index (χ1) is 11.6. The summed E-state index contributed by atoms with van der Waals surface area (Å²) >= 11 is 0. The van der Waals surface area contributed by atoms with Crippen LogP contribution in [0.4, 0.5) is 5.69 Å². The van der Waals surface area contributed by atoms with E-state index in [2.05, 4.69) is 15.0 Å². The SMILES string of the molecule is CCOC(=O)c1[nH]c(-c2nc3ccccc3nc2C)c(C#N)c1N. The number of carbonyl (C=O) groups is 1. The molecule has 3 rings (SSSR count). The van der Waals surface area contributed by atoms with E-state index in [1.54, 1.807) is 13.8 Å². The van der Waals surface area contributed by atoms with Gasteiger partial charge < -0.3 is 15.5 Å². The van der Waals surface area contributed by atoms with Crippen molar-refractivity contribution in [2.75, 3.05) is 12.3 Å². The summed E-state index contributed by atoms with van der Waals surface area (Å²) in [6, 6.07) is 9.44.